The molecule has 2 heterocycles. The smallest absolute Gasteiger partial charge is 0.242 e. The summed E-state index contributed by atoms with van der Waals surface area (Å²) in [6.07, 6.45) is 2.76. The van der Waals surface area contributed by atoms with Crippen molar-refractivity contribution in [3.63, 3.8) is 0 Å². The van der Waals surface area contributed by atoms with Gasteiger partial charge in [-0.15, -0.1) is 11.3 Å². The first kappa shape index (κ1) is 20.0. The van der Waals surface area contributed by atoms with Crippen molar-refractivity contribution >= 4 is 23.2 Å². The molecule has 4 rings (SSSR count). The molecule has 2 aliphatic rings. The van der Waals surface area contributed by atoms with Gasteiger partial charge in [0.25, 0.3) is 0 Å². The third-order valence-electron chi connectivity index (χ3n) is 5.70. The maximum atomic E-state index is 13.3. The summed E-state index contributed by atoms with van der Waals surface area (Å²) in [5.74, 6) is 1.05. The number of ether oxygens (including phenoxy) is 1. The second-order valence-electron chi connectivity index (χ2n) is 8.11. The Labute approximate surface area is 176 Å². The molecular formula is C23H28N2O3S. The zero-order valence-corrected chi connectivity index (χ0v) is 17.9. The number of carbonyl (C=O) groups excluding carboxylic acids is 2. The molecule has 0 spiro atoms. The van der Waals surface area contributed by atoms with Crippen molar-refractivity contribution in [3.05, 3.63) is 52.2 Å². The van der Waals surface area contributed by atoms with E-state index in [2.05, 4.69) is 11.4 Å². The topological polar surface area (TPSA) is 49.9 Å². The summed E-state index contributed by atoms with van der Waals surface area (Å²) < 4.78 is 6.03. The number of hydrogen-bond acceptors (Lipinski definition) is 4. The van der Waals surface area contributed by atoms with Crippen LogP contribution in [0.3, 0.4) is 0 Å². The Bertz CT molecular complexity index is 860. The largest absolute Gasteiger partial charge is 0.491 e. The first-order chi connectivity index (χ1) is 14.0. The molecule has 1 aliphatic carbocycles. The molecule has 1 atom stereocenters. The van der Waals surface area contributed by atoms with Crippen molar-refractivity contribution in [1.29, 1.82) is 0 Å². The summed E-state index contributed by atoms with van der Waals surface area (Å²) in [6.45, 7) is 5.19. The van der Waals surface area contributed by atoms with Crippen molar-refractivity contribution in [2.45, 2.75) is 45.2 Å². The van der Waals surface area contributed by atoms with Crippen molar-refractivity contribution in [3.8, 4) is 5.75 Å². The molecule has 5 nitrogen and oxygen atoms in total. The fraction of sp³-hybridized carbons (Fsp3) is 0.478. The van der Waals surface area contributed by atoms with Gasteiger partial charge in [-0.25, -0.2) is 0 Å². The number of nitrogens with zero attached hydrogens (tertiary/aromatic N) is 2. The van der Waals surface area contributed by atoms with Crippen molar-refractivity contribution in [2.75, 3.05) is 19.7 Å². The third-order valence-corrected chi connectivity index (χ3v) is 6.70. The minimum absolute atomic E-state index is 0.00575. The second kappa shape index (κ2) is 8.57. The van der Waals surface area contributed by atoms with Crippen LogP contribution in [0.1, 0.15) is 43.2 Å². The van der Waals surface area contributed by atoms with Gasteiger partial charge < -0.3 is 14.5 Å². The summed E-state index contributed by atoms with van der Waals surface area (Å²) in [5, 5.41) is 2.09. The summed E-state index contributed by atoms with van der Waals surface area (Å²) in [6, 6.07) is 11.7. The molecule has 1 saturated carbocycles. The van der Waals surface area contributed by atoms with Crippen LogP contribution in [0, 0.1) is 5.92 Å². The highest BCUT2D eigenvalue weighted by atomic mass is 32.1. The number of hydrogen-bond donors (Lipinski definition) is 0. The number of rotatable bonds is 7. The Balaban J connectivity index is 1.50. The van der Waals surface area contributed by atoms with Crippen LogP contribution >= 0.6 is 11.3 Å². The minimum Gasteiger partial charge on any atom is -0.491 e. The molecule has 0 N–H and O–H groups in total. The van der Waals surface area contributed by atoms with E-state index in [0.29, 0.717) is 13.2 Å². The van der Waals surface area contributed by atoms with Gasteiger partial charge in [0.15, 0.2) is 0 Å². The molecule has 0 radical (unpaired) electrons. The number of carbonyl (C=O) groups is 2. The highest BCUT2D eigenvalue weighted by Crippen LogP contribution is 2.35. The molecule has 154 valence electrons. The van der Waals surface area contributed by atoms with E-state index in [4.69, 9.17) is 4.74 Å². The van der Waals surface area contributed by atoms with E-state index in [1.807, 2.05) is 49.1 Å². The Morgan fingerprint density at radius 2 is 1.97 bits per heavy atom. The molecule has 2 amide bonds. The third kappa shape index (κ3) is 4.47. The molecular weight excluding hydrogens is 384 g/mol. The van der Waals surface area contributed by atoms with E-state index in [1.165, 1.54) is 10.4 Å². The van der Waals surface area contributed by atoms with Gasteiger partial charge in [-0.3, -0.25) is 9.59 Å². The lowest BCUT2D eigenvalue weighted by molar-refractivity contribution is -0.144. The lowest BCUT2D eigenvalue weighted by Gasteiger charge is -2.37. The predicted molar refractivity (Wildman–Crippen MR) is 114 cm³/mol. The molecule has 2 aromatic rings. The SMILES string of the molecule is CC(C)N(CC(=O)N1CCc2sccc2C1COc1ccccc1)C(=O)C1CC1. The molecule has 1 aliphatic heterocycles. The molecule has 1 fully saturated rings. The lowest BCUT2D eigenvalue weighted by atomic mass is 10.00. The van der Waals surface area contributed by atoms with E-state index in [9.17, 15) is 9.59 Å². The quantitative estimate of drug-likeness (QED) is 0.693. The van der Waals surface area contributed by atoms with Gasteiger partial charge in [-0.1, -0.05) is 18.2 Å². The van der Waals surface area contributed by atoms with Gasteiger partial charge in [-0.05, 0) is 62.3 Å². The maximum Gasteiger partial charge on any atom is 0.242 e. The maximum absolute atomic E-state index is 13.3. The van der Waals surface area contributed by atoms with Crippen molar-refractivity contribution < 1.29 is 14.3 Å². The van der Waals surface area contributed by atoms with Crippen LogP contribution in [0.15, 0.2) is 41.8 Å². The number of para-hydroxylation sites is 1. The summed E-state index contributed by atoms with van der Waals surface area (Å²) in [4.78, 5) is 30.9. The van der Waals surface area contributed by atoms with Crippen molar-refractivity contribution in [2.24, 2.45) is 5.92 Å². The summed E-state index contributed by atoms with van der Waals surface area (Å²) in [7, 11) is 0. The van der Waals surface area contributed by atoms with E-state index in [1.54, 1.807) is 16.2 Å². The van der Waals surface area contributed by atoms with Gasteiger partial charge in [0.2, 0.25) is 11.8 Å². The first-order valence-corrected chi connectivity index (χ1v) is 11.3. The van der Waals surface area contributed by atoms with Crippen LogP contribution in [0.5, 0.6) is 5.75 Å². The van der Waals surface area contributed by atoms with Crippen molar-refractivity contribution in [1.82, 2.24) is 9.80 Å². The number of thiophene rings is 1. The Morgan fingerprint density at radius 1 is 1.21 bits per heavy atom. The van der Waals surface area contributed by atoms with E-state index in [0.717, 1.165) is 25.0 Å². The van der Waals surface area contributed by atoms with Crippen LogP contribution in [0.25, 0.3) is 0 Å². The van der Waals surface area contributed by atoms with E-state index >= 15 is 0 Å². The van der Waals surface area contributed by atoms with Gasteiger partial charge in [0.1, 0.15) is 18.9 Å². The zero-order valence-electron chi connectivity index (χ0n) is 17.0. The van der Waals surface area contributed by atoms with E-state index in [-0.39, 0.29) is 36.4 Å². The highest BCUT2D eigenvalue weighted by molar-refractivity contribution is 7.10. The zero-order chi connectivity index (χ0) is 20.4. The lowest BCUT2D eigenvalue weighted by Crippen LogP contribution is -2.49. The molecule has 1 unspecified atom stereocenters. The van der Waals surface area contributed by atoms with Crippen LogP contribution < -0.4 is 4.74 Å². The fourth-order valence-corrected chi connectivity index (χ4v) is 4.81. The Hall–Kier alpha value is -2.34. The molecule has 29 heavy (non-hydrogen) atoms. The average molecular weight is 413 g/mol. The van der Waals surface area contributed by atoms with Gasteiger partial charge >= 0.3 is 0 Å². The molecule has 0 bridgehead atoms. The van der Waals surface area contributed by atoms with Crippen LogP contribution in [0.4, 0.5) is 0 Å². The van der Waals surface area contributed by atoms with Gasteiger partial charge in [0, 0.05) is 23.4 Å². The van der Waals surface area contributed by atoms with Gasteiger partial charge in [0.05, 0.1) is 6.04 Å². The van der Waals surface area contributed by atoms with Gasteiger partial charge in [-0.2, -0.15) is 0 Å². The van der Waals surface area contributed by atoms with Crippen LogP contribution in [0.2, 0.25) is 0 Å². The highest BCUT2D eigenvalue weighted by Gasteiger charge is 2.38. The second-order valence-corrected chi connectivity index (χ2v) is 9.11. The molecule has 1 aromatic carbocycles. The van der Waals surface area contributed by atoms with E-state index < -0.39 is 0 Å². The minimum atomic E-state index is -0.122. The van der Waals surface area contributed by atoms with Crippen LogP contribution in [-0.2, 0) is 16.0 Å². The molecule has 6 heteroatoms. The number of amides is 2. The fourth-order valence-electron chi connectivity index (χ4n) is 3.88. The molecule has 0 saturated heterocycles. The normalized spacial score (nSPS) is 18.4. The summed E-state index contributed by atoms with van der Waals surface area (Å²) in [5.41, 5.74) is 1.18. The Morgan fingerprint density at radius 3 is 2.66 bits per heavy atom. The predicted octanol–water partition coefficient (Wildman–Crippen LogP) is 3.90. The monoisotopic (exact) mass is 412 g/mol. The average Bonchev–Trinajstić information content (AvgIpc) is 3.47. The Kier molecular flexibility index (Phi) is 5.90. The first-order valence-electron chi connectivity index (χ1n) is 10.4. The molecule has 1 aromatic heterocycles. The summed E-state index contributed by atoms with van der Waals surface area (Å²) >= 11 is 1.74. The number of benzene rings is 1. The van der Waals surface area contributed by atoms with Crippen LogP contribution in [-0.4, -0.2) is 47.4 Å². The standard InChI is InChI=1S/C23H28N2O3S/c1-16(2)25(23(27)17-8-9-17)14-22(26)24-12-10-21-19(11-13-29-21)20(24)15-28-18-6-4-3-5-7-18/h3-7,11,13,16-17,20H,8-10,12,14-15H2,1-2H3. The number of fused-ring (bicyclic) bond motifs is 1.